The maximum atomic E-state index is 14.2. The average Bonchev–Trinajstić information content (AvgIpc) is 2.62. The molecular weight excluding hydrogens is 361 g/mol. The van der Waals surface area contributed by atoms with E-state index in [2.05, 4.69) is 20.6 Å². The monoisotopic (exact) mass is 373 g/mol. The molecule has 0 unspecified atom stereocenters. The number of hydrogen-bond donors (Lipinski definition) is 2. The molecule has 0 spiro atoms. The van der Waals surface area contributed by atoms with Crippen molar-refractivity contribution in [2.24, 2.45) is 0 Å². The number of hydrogen-bond acceptors (Lipinski definition) is 4. The summed E-state index contributed by atoms with van der Waals surface area (Å²) in [6.45, 7) is 0.114. The summed E-state index contributed by atoms with van der Waals surface area (Å²) in [5, 5.41) is 4.97. The molecule has 132 valence electrons. The van der Waals surface area contributed by atoms with E-state index in [4.69, 9.17) is 11.6 Å². The maximum absolute atomic E-state index is 14.2. The van der Waals surface area contributed by atoms with E-state index in [0.717, 1.165) is 10.8 Å². The molecule has 2 N–H and O–H groups in total. The standard InChI is InChI=1S/C17H13ClFN5O2/c18-12-5-1-2-6-14(12)21-16(25)22-15-13(19)10-24(17(26)23-15)9-11-4-3-7-20-8-11/h1-8,10H,9H2,(H2,21,22,23,25,26). The van der Waals surface area contributed by atoms with E-state index in [9.17, 15) is 14.0 Å². The van der Waals surface area contributed by atoms with Gasteiger partial charge in [0.15, 0.2) is 11.6 Å². The molecule has 3 rings (SSSR count). The van der Waals surface area contributed by atoms with E-state index in [1.165, 1.54) is 0 Å². The number of urea groups is 1. The third kappa shape index (κ3) is 4.22. The third-order valence-corrected chi connectivity index (χ3v) is 3.71. The second-order valence-electron chi connectivity index (χ2n) is 5.27. The highest BCUT2D eigenvalue weighted by atomic mass is 35.5. The number of aromatic nitrogens is 3. The Morgan fingerprint density at radius 3 is 2.73 bits per heavy atom. The number of halogens is 2. The highest BCUT2D eigenvalue weighted by molar-refractivity contribution is 6.33. The normalized spacial score (nSPS) is 10.4. The topological polar surface area (TPSA) is 88.9 Å². The van der Waals surface area contributed by atoms with Crippen LogP contribution in [0.3, 0.4) is 0 Å². The number of pyridine rings is 1. The number of carbonyl (C=O) groups is 1. The first-order valence-electron chi connectivity index (χ1n) is 7.51. The molecule has 0 bridgehead atoms. The zero-order valence-electron chi connectivity index (χ0n) is 13.3. The number of nitrogens with one attached hydrogen (secondary N) is 2. The molecule has 3 aromatic rings. The second-order valence-corrected chi connectivity index (χ2v) is 5.68. The van der Waals surface area contributed by atoms with Crippen molar-refractivity contribution in [2.45, 2.75) is 6.54 Å². The van der Waals surface area contributed by atoms with Crippen molar-refractivity contribution in [1.82, 2.24) is 14.5 Å². The van der Waals surface area contributed by atoms with Crippen LogP contribution in [-0.2, 0) is 6.54 Å². The van der Waals surface area contributed by atoms with E-state index in [1.54, 1.807) is 48.8 Å². The summed E-state index contributed by atoms with van der Waals surface area (Å²) >= 11 is 5.93. The fraction of sp³-hybridized carbons (Fsp3) is 0.0588. The largest absolute Gasteiger partial charge is 0.350 e. The van der Waals surface area contributed by atoms with Crippen LogP contribution >= 0.6 is 11.6 Å². The lowest BCUT2D eigenvalue weighted by molar-refractivity contribution is 0.262. The van der Waals surface area contributed by atoms with Crippen molar-refractivity contribution >= 4 is 29.1 Å². The van der Waals surface area contributed by atoms with Gasteiger partial charge in [-0.3, -0.25) is 14.9 Å². The summed E-state index contributed by atoms with van der Waals surface area (Å²) in [5.41, 5.74) is 0.355. The lowest BCUT2D eigenvalue weighted by Gasteiger charge is -2.10. The first-order valence-corrected chi connectivity index (χ1v) is 7.89. The van der Waals surface area contributed by atoms with Crippen LogP contribution in [0.1, 0.15) is 5.56 Å². The molecule has 1 aromatic carbocycles. The Bertz CT molecular complexity index is 994. The molecule has 2 aromatic heterocycles. The molecule has 0 aliphatic carbocycles. The van der Waals surface area contributed by atoms with Crippen LogP contribution in [0, 0.1) is 5.82 Å². The quantitative estimate of drug-likeness (QED) is 0.735. The van der Waals surface area contributed by atoms with Gasteiger partial charge in [0.25, 0.3) is 0 Å². The van der Waals surface area contributed by atoms with Crippen LogP contribution < -0.4 is 16.3 Å². The van der Waals surface area contributed by atoms with Gasteiger partial charge in [-0.25, -0.2) is 14.0 Å². The number of amides is 2. The molecule has 7 nitrogen and oxygen atoms in total. The van der Waals surface area contributed by atoms with Crippen LogP contribution in [-0.4, -0.2) is 20.6 Å². The molecule has 0 atom stereocenters. The third-order valence-electron chi connectivity index (χ3n) is 3.38. The second kappa shape index (κ2) is 7.75. The van der Waals surface area contributed by atoms with Gasteiger partial charge >= 0.3 is 11.7 Å². The summed E-state index contributed by atoms with van der Waals surface area (Å²) in [5.74, 6) is -1.32. The number of benzene rings is 1. The minimum atomic E-state index is -0.845. The number of para-hydroxylation sites is 1. The van der Waals surface area contributed by atoms with Crippen LogP contribution in [0.4, 0.5) is 20.7 Å². The van der Waals surface area contributed by atoms with Crippen molar-refractivity contribution in [3.63, 3.8) is 0 Å². The lowest BCUT2D eigenvalue weighted by Crippen LogP contribution is -2.28. The summed E-state index contributed by atoms with van der Waals surface area (Å²) in [6, 6.07) is 9.25. The van der Waals surface area contributed by atoms with Gasteiger partial charge in [0, 0.05) is 18.6 Å². The zero-order chi connectivity index (χ0) is 18.5. The smallest absolute Gasteiger partial charge is 0.306 e. The molecular formula is C17H13ClFN5O2. The number of rotatable bonds is 4. The van der Waals surface area contributed by atoms with E-state index >= 15 is 0 Å². The number of nitrogens with zero attached hydrogens (tertiary/aromatic N) is 3. The van der Waals surface area contributed by atoms with Gasteiger partial charge in [0.2, 0.25) is 0 Å². The van der Waals surface area contributed by atoms with Crippen molar-refractivity contribution < 1.29 is 9.18 Å². The Morgan fingerprint density at radius 2 is 2.00 bits per heavy atom. The molecule has 2 amide bonds. The van der Waals surface area contributed by atoms with Crippen molar-refractivity contribution in [1.29, 1.82) is 0 Å². The Hall–Kier alpha value is -3.26. The minimum absolute atomic E-state index is 0.114. The molecule has 2 heterocycles. The van der Waals surface area contributed by atoms with Crippen LogP contribution in [0.5, 0.6) is 0 Å². The van der Waals surface area contributed by atoms with Crippen LogP contribution in [0.15, 0.2) is 59.8 Å². The molecule has 0 aliphatic rings. The fourth-order valence-corrected chi connectivity index (χ4v) is 2.36. The first-order chi connectivity index (χ1) is 12.5. The minimum Gasteiger partial charge on any atom is -0.306 e. The van der Waals surface area contributed by atoms with Gasteiger partial charge in [0.1, 0.15) is 0 Å². The van der Waals surface area contributed by atoms with E-state index in [1.807, 2.05) is 0 Å². The van der Waals surface area contributed by atoms with Gasteiger partial charge in [-0.05, 0) is 23.8 Å². The highest BCUT2D eigenvalue weighted by Crippen LogP contribution is 2.20. The summed E-state index contributed by atoms with van der Waals surface area (Å²) in [4.78, 5) is 31.5. The average molecular weight is 374 g/mol. The van der Waals surface area contributed by atoms with Crippen molar-refractivity contribution in [3.8, 4) is 0 Å². The van der Waals surface area contributed by atoms with Crippen molar-refractivity contribution in [2.75, 3.05) is 10.6 Å². The van der Waals surface area contributed by atoms with Gasteiger partial charge in [-0.1, -0.05) is 29.8 Å². The molecule has 9 heteroatoms. The SMILES string of the molecule is O=C(Nc1ccccc1Cl)Nc1nc(=O)n(Cc2cccnc2)cc1F. The van der Waals surface area contributed by atoms with E-state index < -0.39 is 23.4 Å². The maximum Gasteiger partial charge on any atom is 0.350 e. The predicted octanol–water partition coefficient (Wildman–Crippen LogP) is 3.12. The zero-order valence-corrected chi connectivity index (χ0v) is 14.1. The molecule has 26 heavy (non-hydrogen) atoms. The molecule has 0 saturated carbocycles. The van der Waals surface area contributed by atoms with E-state index in [-0.39, 0.29) is 6.54 Å². The molecule has 0 saturated heterocycles. The number of carbonyl (C=O) groups excluding carboxylic acids is 1. The molecule has 0 radical (unpaired) electrons. The van der Waals surface area contributed by atoms with Gasteiger partial charge < -0.3 is 5.32 Å². The van der Waals surface area contributed by atoms with Gasteiger partial charge in [-0.15, -0.1) is 0 Å². The highest BCUT2D eigenvalue weighted by Gasteiger charge is 2.13. The van der Waals surface area contributed by atoms with Gasteiger partial charge in [0.05, 0.1) is 17.3 Å². The van der Waals surface area contributed by atoms with E-state index in [0.29, 0.717) is 16.3 Å². The summed E-state index contributed by atoms with van der Waals surface area (Å²) in [7, 11) is 0. The summed E-state index contributed by atoms with van der Waals surface area (Å²) in [6.07, 6.45) is 4.14. The first kappa shape index (κ1) is 17.6. The Kier molecular flexibility index (Phi) is 5.23. The number of anilines is 2. The Labute approximate surface area is 152 Å². The predicted molar refractivity (Wildman–Crippen MR) is 95.9 cm³/mol. The lowest BCUT2D eigenvalue weighted by atomic mass is 10.3. The van der Waals surface area contributed by atoms with Crippen LogP contribution in [0.2, 0.25) is 5.02 Å². The van der Waals surface area contributed by atoms with Crippen LogP contribution in [0.25, 0.3) is 0 Å². The molecule has 0 aliphatic heterocycles. The summed E-state index contributed by atoms with van der Waals surface area (Å²) < 4.78 is 15.3. The van der Waals surface area contributed by atoms with Gasteiger partial charge in [-0.2, -0.15) is 4.98 Å². The fourth-order valence-electron chi connectivity index (χ4n) is 2.18. The Morgan fingerprint density at radius 1 is 1.19 bits per heavy atom. The Balaban J connectivity index is 1.75. The van der Waals surface area contributed by atoms with Crippen molar-refractivity contribution in [3.05, 3.63) is 81.9 Å². The molecule has 0 fully saturated rings.